The third-order valence-corrected chi connectivity index (χ3v) is 6.77. The lowest BCUT2D eigenvalue weighted by Gasteiger charge is -2.29. The molecule has 2 amide bonds. The van der Waals surface area contributed by atoms with Crippen LogP contribution in [0.2, 0.25) is 5.02 Å². The van der Waals surface area contributed by atoms with Gasteiger partial charge >= 0.3 is 0 Å². The van der Waals surface area contributed by atoms with Gasteiger partial charge in [-0.1, -0.05) is 52.5 Å². The van der Waals surface area contributed by atoms with Crippen LogP contribution in [0.5, 0.6) is 5.75 Å². The van der Waals surface area contributed by atoms with E-state index in [1.807, 2.05) is 37.3 Å². The van der Waals surface area contributed by atoms with Crippen LogP contribution in [-0.2, 0) is 16.1 Å². The van der Waals surface area contributed by atoms with Crippen LogP contribution in [0.1, 0.15) is 43.7 Å². The highest BCUT2D eigenvalue weighted by Crippen LogP contribution is 2.22. The van der Waals surface area contributed by atoms with Crippen LogP contribution >= 0.6 is 27.5 Å². The van der Waals surface area contributed by atoms with E-state index in [1.54, 1.807) is 24.0 Å². The van der Waals surface area contributed by atoms with E-state index in [9.17, 15) is 9.59 Å². The van der Waals surface area contributed by atoms with Crippen LogP contribution in [0.3, 0.4) is 0 Å². The molecule has 0 aliphatic heterocycles. The minimum absolute atomic E-state index is 0.131. The smallest absolute Gasteiger partial charge is 0.261 e. The second-order valence-electron chi connectivity index (χ2n) is 8.01. The topological polar surface area (TPSA) is 58.6 Å². The molecule has 7 heteroatoms. The van der Waals surface area contributed by atoms with Gasteiger partial charge in [-0.2, -0.15) is 0 Å². The molecule has 2 aromatic rings. The Morgan fingerprint density at radius 1 is 1.19 bits per heavy atom. The Balaban J connectivity index is 1.71. The van der Waals surface area contributed by atoms with E-state index < -0.39 is 6.04 Å². The molecule has 1 saturated carbocycles. The van der Waals surface area contributed by atoms with E-state index in [0.717, 1.165) is 41.3 Å². The quantitative estimate of drug-likeness (QED) is 0.530. The van der Waals surface area contributed by atoms with Crippen LogP contribution in [-0.4, -0.2) is 35.4 Å². The number of aryl methyl sites for hydroxylation is 1. The van der Waals surface area contributed by atoms with Crippen LogP contribution < -0.4 is 10.1 Å². The summed E-state index contributed by atoms with van der Waals surface area (Å²) in [6, 6.07) is 12.4. The van der Waals surface area contributed by atoms with Crippen molar-refractivity contribution in [2.75, 3.05) is 6.61 Å². The fourth-order valence-electron chi connectivity index (χ4n) is 3.70. The highest BCUT2D eigenvalue weighted by Gasteiger charge is 2.28. The Bertz CT molecular complexity index is 914. The zero-order valence-corrected chi connectivity index (χ0v) is 20.2. The number of nitrogens with one attached hydrogen (secondary N) is 1. The Morgan fingerprint density at radius 3 is 2.52 bits per heavy atom. The minimum atomic E-state index is -0.612. The first-order chi connectivity index (χ1) is 14.8. The Hall–Kier alpha value is -2.05. The van der Waals surface area contributed by atoms with Gasteiger partial charge < -0.3 is 15.0 Å². The van der Waals surface area contributed by atoms with Gasteiger partial charge in [0.05, 0.1) is 0 Å². The van der Waals surface area contributed by atoms with Gasteiger partial charge in [0, 0.05) is 22.1 Å². The maximum Gasteiger partial charge on any atom is 0.261 e. The number of benzene rings is 2. The van der Waals surface area contributed by atoms with Gasteiger partial charge in [-0.25, -0.2) is 0 Å². The molecule has 1 aliphatic carbocycles. The van der Waals surface area contributed by atoms with Gasteiger partial charge in [-0.15, -0.1) is 0 Å². The molecule has 0 unspecified atom stereocenters. The molecular weight excluding hydrogens is 480 g/mol. The summed E-state index contributed by atoms with van der Waals surface area (Å²) in [5, 5.41) is 3.72. The Kier molecular flexibility index (Phi) is 8.38. The summed E-state index contributed by atoms with van der Waals surface area (Å²) in [5.74, 6) is 0.238. The van der Waals surface area contributed by atoms with Crippen molar-refractivity contribution in [3.8, 4) is 5.75 Å². The number of halogens is 2. The molecule has 1 atom stereocenters. The minimum Gasteiger partial charge on any atom is -0.484 e. The molecule has 0 heterocycles. The summed E-state index contributed by atoms with van der Waals surface area (Å²) >= 11 is 9.45. The highest BCUT2D eigenvalue weighted by atomic mass is 79.9. The summed E-state index contributed by atoms with van der Waals surface area (Å²) in [5.41, 5.74) is 1.92. The van der Waals surface area contributed by atoms with Crippen LogP contribution in [0.15, 0.2) is 46.9 Å². The van der Waals surface area contributed by atoms with Crippen LogP contribution in [0.4, 0.5) is 0 Å². The van der Waals surface area contributed by atoms with E-state index >= 15 is 0 Å². The predicted octanol–water partition coefficient (Wildman–Crippen LogP) is 5.27. The number of rotatable bonds is 8. The summed E-state index contributed by atoms with van der Waals surface area (Å²) in [7, 11) is 0. The summed E-state index contributed by atoms with van der Waals surface area (Å²) in [6.07, 6.45) is 4.26. The Morgan fingerprint density at radius 2 is 1.87 bits per heavy atom. The van der Waals surface area contributed by atoms with Crippen molar-refractivity contribution in [2.45, 2.75) is 58.2 Å². The molecule has 5 nitrogen and oxygen atoms in total. The fourth-order valence-corrected chi connectivity index (χ4v) is 4.07. The maximum absolute atomic E-state index is 13.1. The number of hydrogen-bond donors (Lipinski definition) is 1. The van der Waals surface area contributed by atoms with Gasteiger partial charge in [0.1, 0.15) is 11.8 Å². The maximum atomic E-state index is 13.1. The molecule has 0 spiro atoms. The molecule has 0 bridgehead atoms. The van der Waals surface area contributed by atoms with Crippen molar-refractivity contribution >= 4 is 39.3 Å². The average Bonchev–Trinajstić information content (AvgIpc) is 3.26. The van der Waals surface area contributed by atoms with Gasteiger partial charge in [-0.05, 0) is 68.1 Å². The molecule has 1 fully saturated rings. The molecule has 2 aromatic carbocycles. The lowest BCUT2D eigenvalue weighted by atomic mass is 10.1. The molecule has 166 valence electrons. The van der Waals surface area contributed by atoms with Gasteiger partial charge in [0.15, 0.2) is 6.61 Å². The highest BCUT2D eigenvalue weighted by molar-refractivity contribution is 9.10. The molecule has 1 N–H and O–H groups in total. The van der Waals surface area contributed by atoms with Crippen molar-refractivity contribution in [3.63, 3.8) is 0 Å². The normalized spacial score (nSPS) is 14.8. The average molecular weight is 508 g/mol. The van der Waals surface area contributed by atoms with E-state index in [-0.39, 0.29) is 24.5 Å². The van der Waals surface area contributed by atoms with Gasteiger partial charge in [0.2, 0.25) is 5.91 Å². The monoisotopic (exact) mass is 506 g/mol. The molecule has 31 heavy (non-hydrogen) atoms. The third-order valence-electron chi connectivity index (χ3n) is 5.63. The molecular formula is C24H28BrClN2O3. The SMILES string of the molecule is Cc1cc(OCC(=O)N(Cc2ccc(Cl)cc2)[C@H](C)C(=O)NC2CCCC2)ccc1Br. The fraction of sp³-hybridized carbons (Fsp3) is 0.417. The number of nitrogens with zero attached hydrogens (tertiary/aromatic N) is 1. The lowest BCUT2D eigenvalue weighted by Crippen LogP contribution is -2.50. The van der Waals surface area contributed by atoms with E-state index in [1.165, 1.54) is 0 Å². The van der Waals surface area contributed by atoms with E-state index in [0.29, 0.717) is 17.3 Å². The molecule has 0 radical (unpaired) electrons. The molecule has 3 rings (SSSR count). The van der Waals surface area contributed by atoms with E-state index in [4.69, 9.17) is 16.3 Å². The number of amides is 2. The zero-order chi connectivity index (χ0) is 22.4. The van der Waals surface area contributed by atoms with E-state index in [2.05, 4.69) is 21.2 Å². The second-order valence-corrected chi connectivity index (χ2v) is 9.30. The summed E-state index contributed by atoms with van der Waals surface area (Å²) in [6.45, 7) is 3.89. The van der Waals surface area contributed by atoms with Crippen LogP contribution in [0, 0.1) is 6.92 Å². The first kappa shape index (κ1) is 23.6. The van der Waals surface area contributed by atoms with Crippen molar-refractivity contribution in [1.82, 2.24) is 10.2 Å². The lowest BCUT2D eigenvalue weighted by molar-refractivity contribution is -0.142. The third kappa shape index (κ3) is 6.71. The first-order valence-electron chi connectivity index (χ1n) is 10.6. The predicted molar refractivity (Wildman–Crippen MR) is 126 cm³/mol. The second kappa shape index (κ2) is 11.0. The largest absolute Gasteiger partial charge is 0.484 e. The number of carbonyl (C=O) groups excluding carboxylic acids is 2. The number of carbonyl (C=O) groups is 2. The molecule has 0 aromatic heterocycles. The van der Waals surface area contributed by atoms with Crippen molar-refractivity contribution in [1.29, 1.82) is 0 Å². The van der Waals surface area contributed by atoms with Gasteiger partial charge in [-0.3, -0.25) is 9.59 Å². The standard InChI is InChI=1S/C24H28BrClN2O3/c1-16-13-21(11-12-22(16)25)31-15-23(29)28(14-18-7-9-19(26)10-8-18)17(2)24(30)27-20-5-3-4-6-20/h7-13,17,20H,3-6,14-15H2,1-2H3,(H,27,30)/t17-/m1/s1. The summed E-state index contributed by atoms with van der Waals surface area (Å²) in [4.78, 5) is 27.6. The summed E-state index contributed by atoms with van der Waals surface area (Å²) < 4.78 is 6.72. The van der Waals surface area contributed by atoms with Gasteiger partial charge in [0.25, 0.3) is 5.91 Å². The first-order valence-corrected chi connectivity index (χ1v) is 11.7. The van der Waals surface area contributed by atoms with Crippen molar-refractivity contribution < 1.29 is 14.3 Å². The molecule has 1 aliphatic rings. The zero-order valence-electron chi connectivity index (χ0n) is 17.9. The van der Waals surface area contributed by atoms with Crippen molar-refractivity contribution in [2.24, 2.45) is 0 Å². The molecule has 0 saturated heterocycles. The van der Waals surface area contributed by atoms with Crippen molar-refractivity contribution in [3.05, 3.63) is 63.1 Å². The number of ether oxygens (including phenoxy) is 1. The Labute approximate surface area is 197 Å². The number of hydrogen-bond acceptors (Lipinski definition) is 3. The van der Waals surface area contributed by atoms with Crippen LogP contribution in [0.25, 0.3) is 0 Å².